The van der Waals surface area contributed by atoms with Crippen LogP contribution in [0.4, 0.5) is 0 Å². The Kier molecular flexibility index (Phi) is 1.92. The predicted octanol–water partition coefficient (Wildman–Crippen LogP) is 0.0593. The molecule has 0 spiro atoms. The van der Waals surface area contributed by atoms with E-state index in [4.69, 9.17) is 5.11 Å². The maximum absolute atomic E-state index is 11.3. The van der Waals surface area contributed by atoms with Crippen molar-refractivity contribution in [1.82, 2.24) is 5.43 Å². The number of carboxylic acids is 1. The van der Waals surface area contributed by atoms with Gasteiger partial charge in [0.15, 0.2) is 0 Å². The lowest BCUT2D eigenvalue weighted by atomic mass is 9.88. The number of hydrogen-bond donors (Lipinski definition) is 2. The quantitative estimate of drug-likeness (QED) is 0.649. The second-order valence-electron chi connectivity index (χ2n) is 3.12. The number of carbonyl (C=O) groups is 2. The fraction of sp³-hybridized carbons (Fsp3) is 0.222. The number of amides is 1. The summed E-state index contributed by atoms with van der Waals surface area (Å²) in [6, 6.07) is 0. The molecule has 5 heteroatoms. The van der Waals surface area contributed by atoms with Gasteiger partial charge in [0.05, 0.1) is 12.1 Å². The molecular weight excluding hydrogens is 184 g/mol. The molecule has 0 saturated heterocycles. The van der Waals surface area contributed by atoms with Gasteiger partial charge in [0.2, 0.25) is 0 Å². The molecule has 0 aromatic carbocycles. The number of nitrogens with one attached hydrogen (secondary N) is 1. The Labute approximate surface area is 79.8 Å². The number of allylic oxidation sites excluding steroid dienone is 3. The molecule has 2 N–H and O–H groups in total. The van der Waals surface area contributed by atoms with Crippen LogP contribution in [-0.2, 0) is 9.59 Å². The van der Waals surface area contributed by atoms with E-state index in [0.29, 0.717) is 11.3 Å². The van der Waals surface area contributed by atoms with Gasteiger partial charge in [-0.05, 0) is 11.6 Å². The molecule has 1 aliphatic carbocycles. The summed E-state index contributed by atoms with van der Waals surface area (Å²) in [5.74, 6) is -1.70. The van der Waals surface area contributed by atoms with Gasteiger partial charge < -0.3 is 5.11 Å². The third-order valence-corrected chi connectivity index (χ3v) is 2.16. The molecular formula is C9H8N2O3. The van der Waals surface area contributed by atoms with E-state index in [2.05, 4.69) is 10.5 Å². The highest BCUT2D eigenvalue weighted by Crippen LogP contribution is 2.24. The second-order valence-corrected chi connectivity index (χ2v) is 3.12. The minimum absolute atomic E-state index is 0.124. The molecule has 72 valence electrons. The van der Waals surface area contributed by atoms with E-state index in [0.717, 1.165) is 0 Å². The number of rotatable bonds is 2. The Morgan fingerprint density at radius 3 is 3.14 bits per heavy atom. The molecule has 1 unspecified atom stereocenters. The maximum Gasteiger partial charge on any atom is 0.307 e. The number of fused-ring (bicyclic) bond motifs is 1. The van der Waals surface area contributed by atoms with Crippen molar-refractivity contribution in [2.75, 3.05) is 0 Å². The number of carboxylic acid groups (broad SMARTS) is 1. The van der Waals surface area contributed by atoms with Crippen LogP contribution in [0.1, 0.15) is 6.42 Å². The zero-order valence-corrected chi connectivity index (χ0v) is 7.23. The van der Waals surface area contributed by atoms with Crippen LogP contribution in [0.3, 0.4) is 0 Å². The van der Waals surface area contributed by atoms with E-state index in [1.807, 2.05) is 0 Å². The van der Waals surface area contributed by atoms with Crippen LogP contribution in [0.15, 0.2) is 28.9 Å². The standard InChI is InChI=1S/C9H8N2O3/c12-7(13)4-5-2-1-3-6-8(5)9(14)11-10-6/h1-3,8H,4H2,(H,11,14)(H,12,13). The maximum atomic E-state index is 11.3. The lowest BCUT2D eigenvalue weighted by Gasteiger charge is -2.13. The fourth-order valence-corrected chi connectivity index (χ4v) is 1.58. The third-order valence-electron chi connectivity index (χ3n) is 2.16. The SMILES string of the molecule is O=C(O)CC1=CC=CC2=NNC(=O)C12. The fourth-order valence-electron chi connectivity index (χ4n) is 1.58. The predicted molar refractivity (Wildman–Crippen MR) is 48.5 cm³/mol. The van der Waals surface area contributed by atoms with E-state index in [-0.39, 0.29) is 12.3 Å². The summed E-state index contributed by atoms with van der Waals surface area (Å²) >= 11 is 0. The number of hydrogen-bond acceptors (Lipinski definition) is 3. The van der Waals surface area contributed by atoms with Gasteiger partial charge >= 0.3 is 5.97 Å². The summed E-state index contributed by atoms with van der Waals surface area (Å²) in [5, 5.41) is 12.4. The molecule has 0 aromatic heterocycles. The first kappa shape index (κ1) is 8.68. The highest BCUT2D eigenvalue weighted by Gasteiger charge is 2.33. The highest BCUT2D eigenvalue weighted by molar-refractivity contribution is 6.16. The van der Waals surface area contributed by atoms with Gasteiger partial charge in [-0.1, -0.05) is 12.2 Å². The molecule has 1 aliphatic heterocycles. The third kappa shape index (κ3) is 1.32. The minimum atomic E-state index is -0.939. The average molecular weight is 192 g/mol. The van der Waals surface area contributed by atoms with Crippen LogP contribution in [0.2, 0.25) is 0 Å². The first-order valence-electron chi connectivity index (χ1n) is 4.15. The van der Waals surface area contributed by atoms with E-state index < -0.39 is 11.9 Å². The Balaban J connectivity index is 2.28. The van der Waals surface area contributed by atoms with Gasteiger partial charge in [-0.15, -0.1) is 0 Å². The van der Waals surface area contributed by atoms with E-state index in [1.54, 1.807) is 18.2 Å². The minimum Gasteiger partial charge on any atom is -0.481 e. The monoisotopic (exact) mass is 192 g/mol. The summed E-state index contributed by atoms with van der Waals surface area (Å²) in [7, 11) is 0. The molecule has 0 bridgehead atoms. The molecule has 0 aromatic rings. The Bertz CT molecular complexity index is 393. The number of hydrazone groups is 1. The largest absolute Gasteiger partial charge is 0.481 e. The van der Waals surface area contributed by atoms with Crippen LogP contribution in [-0.4, -0.2) is 22.7 Å². The van der Waals surface area contributed by atoms with E-state index in [1.165, 1.54) is 0 Å². The van der Waals surface area contributed by atoms with Gasteiger partial charge in [-0.25, -0.2) is 5.43 Å². The van der Waals surface area contributed by atoms with Crippen LogP contribution in [0, 0.1) is 5.92 Å². The van der Waals surface area contributed by atoms with Crippen molar-refractivity contribution < 1.29 is 14.7 Å². The highest BCUT2D eigenvalue weighted by atomic mass is 16.4. The molecule has 14 heavy (non-hydrogen) atoms. The summed E-state index contributed by atoms with van der Waals surface area (Å²) < 4.78 is 0. The van der Waals surface area contributed by atoms with Crippen LogP contribution in [0.25, 0.3) is 0 Å². The van der Waals surface area contributed by atoms with E-state index in [9.17, 15) is 9.59 Å². The summed E-state index contributed by atoms with van der Waals surface area (Å²) in [5.41, 5.74) is 3.50. The van der Waals surface area contributed by atoms with Crippen molar-refractivity contribution in [2.45, 2.75) is 6.42 Å². The first-order chi connectivity index (χ1) is 6.68. The Morgan fingerprint density at radius 1 is 1.64 bits per heavy atom. The molecule has 1 atom stereocenters. The van der Waals surface area contributed by atoms with Crippen LogP contribution >= 0.6 is 0 Å². The smallest absolute Gasteiger partial charge is 0.307 e. The summed E-state index contributed by atoms with van der Waals surface area (Å²) in [4.78, 5) is 21.8. The lowest BCUT2D eigenvalue weighted by Crippen LogP contribution is -2.26. The number of aliphatic carboxylic acids is 1. The molecule has 5 nitrogen and oxygen atoms in total. The molecule has 0 saturated carbocycles. The molecule has 1 heterocycles. The van der Waals surface area contributed by atoms with Gasteiger partial charge in [0.1, 0.15) is 5.92 Å². The summed E-state index contributed by atoms with van der Waals surface area (Å²) in [6.07, 6.45) is 4.94. The van der Waals surface area contributed by atoms with Crippen molar-refractivity contribution in [3.8, 4) is 0 Å². The van der Waals surface area contributed by atoms with Crippen LogP contribution in [0.5, 0.6) is 0 Å². The lowest BCUT2D eigenvalue weighted by molar-refractivity contribution is -0.136. The van der Waals surface area contributed by atoms with Gasteiger partial charge in [-0.3, -0.25) is 9.59 Å². The second kappa shape index (κ2) is 3.10. The molecule has 0 fully saturated rings. The Hall–Kier alpha value is -1.91. The van der Waals surface area contributed by atoms with Crippen molar-refractivity contribution in [2.24, 2.45) is 11.0 Å². The summed E-state index contributed by atoms with van der Waals surface area (Å²) in [6.45, 7) is 0. The molecule has 2 aliphatic rings. The Morgan fingerprint density at radius 2 is 2.43 bits per heavy atom. The topological polar surface area (TPSA) is 78.8 Å². The van der Waals surface area contributed by atoms with E-state index >= 15 is 0 Å². The number of nitrogens with zero attached hydrogens (tertiary/aromatic N) is 1. The van der Waals surface area contributed by atoms with Gasteiger partial charge in [0.25, 0.3) is 5.91 Å². The van der Waals surface area contributed by atoms with Crippen LogP contribution < -0.4 is 5.43 Å². The number of carbonyl (C=O) groups excluding carboxylic acids is 1. The van der Waals surface area contributed by atoms with Crippen molar-refractivity contribution in [3.63, 3.8) is 0 Å². The van der Waals surface area contributed by atoms with Crippen molar-refractivity contribution in [1.29, 1.82) is 0 Å². The zero-order chi connectivity index (χ0) is 10.1. The van der Waals surface area contributed by atoms with Gasteiger partial charge in [0, 0.05) is 0 Å². The molecule has 1 amide bonds. The first-order valence-corrected chi connectivity index (χ1v) is 4.15. The zero-order valence-electron chi connectivity index (χ0n) is 7.23. The van der Waals surface area contributed by atoms with Crippen molar-refractivity contribution >= 4 is 17.6 Å². The normalized spacial score (nSPS) is 23.7. The molecule has 0 radical (unpaired) electrons. The van der Waals surface area contributed by atoms with Gasteiger partial charge in [-0.2, -0.15) is 5.10 Å². The molecule has 2 rings (SSSR count). The van der Waals surface area contributed by atoms with Crippen molar-refractivity contribution in [3.05, 3.63) is 23.8 Å². The average Bonchev–Trinajstić information content (AvgIpc) is 2.48.